The fourth-order valence-corrected chi connectivity index (χ4v) is 4.35. The van der Waals surface area contributed by atoms with E-state index in [1.165, 1.54) is 60.7 Å². The summed E-state index contributed by atoms with van der Waals surface area (Å²) in [5.74, 6) is 0.316. The first-order valence-corrected chi connectivity index (χ1v) is 10.7. The maximum Gasteiger partial charge on any atom is 0.219 e. The van der Waals surface area contributed by atoms with Crippen LogP contribution in [0.2, 0.25) is 0 Å². The predicted octanol–water partition coefficient (Wildman–Crippen LogP) is 4.69. The van der Waals surface area contributed by atoms with Crippen molar-refractivity contribution in [3.63, 3.8) is 0 Å². The molecule has 28 heavy (non-hydrogen) atoms. The molecule has 0 fully saturated rings. The van der Waals surface area contributed by atoms with Crippen LogP contribution in [0, 0.1) is 0 Å². The number of hydrogen-bond acceptors (Lipinski definition) is 4. The number of nitrogens with two attached hydrogens (primary N) is 1. The Hall–Kier alpha value is -2.40. The Bertz CT molecular complexity index is 926. The van der Waals surface area contributed by atoms with Crippen molar-refractivity contribution in [2.24, 2.45) is 0 Å². The number of aryl methyl sites for hydroxylation is 1. The lowest BCUT2D eigenvalue weighted by atomic mass is 10.0. The number of anilines is 1. The molecule has 5 heteroatoms. The summed E-state index contributed by atoms with van der Waals surface area (Å²) >= 11 is 0. The van der Waals surface area contributed by atoms with Gasteiger partial charge in [-0.25, -0.2) is 9.97 Å². The van der Waals surface area contributed by atoms with Gasteiger partial charge < -0.3 is 15.6 Å². The molecule has 0 saturated heterocycles. The van der Waals surface area contributed by atoms with E-state index in [1.54, 1.807) is 0 Å². The lowest BCUT2D eigenvalue weighted by Gasteiger charge is -2.17. The molecule has 2 aromatic heterocycles. The van der Waals surface area contributed by atoms with E-state index in [0.717, 1.165) is 37.2 Å². The SMILES string of the molecule is CCCCCCCCn1c2c(c3cc(-c4cnc(N)nc4)ccc31)CNCC2. The van der Waals surface area contributed by atoms with Crippen molar-refractivity contribution in [2.75, 3.05) is 12.3 Å². The highest BCUT2D eigenvalue weighted by atomic mass is 15.0. The molecule has 3 heterocycles. The molecule has 0 radical (unpaired) electrons. The van der Waals surface area contributed by atoms with E-state index in [9.17, 15) is 0 Å². The highest BCUT2D eigenvalue weighted by Gasteiger charge is 2.20. The second kappa shape index (κ2) is 8.74. The molecule has 0 amide bonds. The van der Waals surface area contributed by atoms with Crippen LogP contribution in [-0.2, 0) is 19.5 Å². The van der Waals surface area contributed by atoms with Gasteiger partial charge in [0.25, 0.3) is 0 Å². The Morgan fingerprint density at radius 3 is 2.64 bits per heavy atom. The normalized spacial score (nSPS) is 13.8. The monoisotopic (exact) mass is 377 g/mol. The van der Waals surface area contributed by atoms with E-state index >= 15 is 0 Å². The van der Waals surface area contributed by atoms with Crippen molar-refractivity contribution in [1.82, 2.24) is 19.9 Å². The van der Waals surface area contributed by atoms with Gasteiger partial charge in [0, 0.05) is 60.6 Å². The van der Waals surface area contributed by atoms with Crippen LogP contribution in [0.1, 0.15) is 56.7 Å². The highest BCUT2D eigenvalue weighted by molar-refractivity contribution is 5.90. The Morgan fingerprint density at radius 1 is 1.04 bits per heavy atom. The number of aromatic nitrogens is 3. The van der Waals surface area contributed by atoms with Gasteiger partial charge in [-0.1, -0.05) is 45.1 Å². The third-order valence-electron chi connectivity index (χ3n) is 5.87. The summed E-state index contributed by atoms with van der Waals surface area (Å²) in [6.45, 7) is 5.43. The van der Waals surface area contributed by atoms with Crippen LogP contribution in [0.5, 0.6) is 0 Å². The lowest BCUT2D eigenvalue weighted by Crippen LogP contribution is -2.24. The van der Waals surface area contributed by atoms with Crippen molar-refractivity contribution in [1.29, 1.82) is 0 Å². The van der Waals surface area contributed by atoms with Gasteiger partial charge in [-0.15, -0.1) is 0 Å². The summed E-state index contributed by atoms with van der Waals surface area (Å²) in [6.07, 6.45) is 12.7. The molecule has 5 nitrogen and oxygen atoms in total. The summed E-state index contributed by atoms with van der Waals surface area (Å²) in [5, 5.41) is 4.91. The first kappa shape index (κ1) is 18.9. The van der Waals surface area contributed by atoms with Gasteiger partial charge >= 0.3 is 0 Å². The fourth-order valence-electron chi connectivity index (χ4n) is 4.35. The van der Waals surface area contributed by atoms with Crippen LogP contribution in [-0.4, -0.2) is 21.1 Å². The number of unbranched alkanes of at least 4 members (excludes halogenated alkanes) is 5. The van der Waals surface area contributed by atoms with Crippen LogP contribution in [0.25, 0.3) is 22.0 Å². The molecule has 0 unspecified atom stereocenters. The third kappa shape index (κ3) is 3.90. The third-order valence-corrected chi connectivity index (χ3v) is 5.87. The molecule has 0 aliphatic carbocycles. The molecular formula is C23H31N5. The average Bonchev–Trinajstić information content (AvgIpc) is 3.04. The molecule has 0 saturated carbocycles. The first-order valence-electron chi connectivity index (χ1n) is 10.7. The Labute approximate surface area is 167 Å². The van der Waals surface area contributed by atoms with E-state index in [2.05, 4.69) is 45.0 Å². The average molecular weight is 378 g/mol. The van der Waals surface area contributed by atoms with Crippen molar-refractivity contribution in [3.05, 3.63) is 41.9 Å². The molecule has 3 aromatic rings. The summed E-state index contributed by atoms with van der Waals surface area (Å²) in [7, 11) is 0. The molecule has 1 aliphatic heterocycles. The molecule has 4 rings (SSSR count). The maximum absolute atomic E-state index is 5.64. The van der Waals surface area contributed by atoms with E-state index in [-0.39, 0.29) is 0 Å². The van der Waals surface area contributed by atoms with E-state index < -0.39 is 0 Å². The quantitative estimate of drug-likeness (QED) is 0.559. The zero-order valence-corrected chi connectivity index (χ0v) is 16.9. The standard InChI is InChI=1S/C23H31N5/c1-2-3-4-5-6-7-12-28-21-9-8-17(18-14-26-23(24)27-15-18)13-19(21)20-16-25-11-10-22(20)28/h8-9,13-15,25H,2-7,10-12,16H2,1H3,(H2,24,26,27). The molecule has 0 bridgehead atoms. The maximum atomic E-state index is 5.64. The lowest BCUT2D eigenvalue weighted by molar-refractivity contribution is 0.541. The van der Waals surface area contributed by atoms with Gasteiger partial charge in [-0.3, -0.25) is 0 Å². The molecule has 0 atom stereocenters. The molecular weight excluding hydrogens is 346 g/mol. The summed E-state index contributed by atoms with van der Waals surface area (Å²) in [6, 6.07) is 6.76. The number of fused-ring (bicyclic) bond motifs is 3. The first-order chi connectivity index (χ1) is 13.8. The summed E-state index contributed by atoms with van der Waals surface area (Å²) in [5.41, 5.74) is 12.2. The van der Waals surface area contributed by atoms with Gasteiger partial charge in [0.2, 0.25) is 5.95 Å². The zero-order valence-electron chi connectivity index (χ0n) is 16.9. The Morgan fingerprint density at radius 2 is 1.82 bits per heavy atom. The van der Waals surface area contributed by atoms with Crippen LogP contribution < -0.4 is 11.1 Å². The van der Waals surface area contributed by atoms with E-state index in [0.29, 0.717) is 5.95 Å². The van der Waals surface area contributed by atoms with Crippen molar-refractivity contribution in [3.8, 4) is 11.1 Å². The zero-order chi connectivity index (χ0) is 19.3. The number of nitrogen functional groups attached to an aromatic ring is 1. The van der Waals surface area contributed by atoms with Crippen LogP contribution >= 0.6 is 0 Å². The minimum atomic E-state index is 0.316. The summed E-state index contributed by atoms with van der Waals surface area (Å²) in [4.78, 5) is 8.30. The van der Waals surface area contributed by atoms with Crippen molar-refractivity contribution >= 4 is 16.9 Å². The van der Waals surface area contributed by atoms with E-state index in [4.69, 9.17) is 5.73 Å². The summed E-state index contributed by atoms with van der Waals surface area (Å²) < 4.78 is 2.58. The molecule has 1 aromatic carbocycles. The Balaban J connectivity index is 1.61. The number of rotatable bonds is 8. The van der Waals surface area contributed by atoms with Gasteiger partial charge in [0.1, 0.15) is 0 Å². The second-order valence-electron chi connectivity index (χ2n) is 7.83. The largest absolute Gasteiger partial charge is 0.368 e. The van der Waals surface area contributed by atoms with Gasteiger partial charge in [0.05, 0.1) is 0 Å². The number of nitrogens with zero attached hydrogens (tertiary/aromatic N) is 3. The van der Waals surface area contributed by atoms with Crippen LogP contribution in [0.15, 0.2) is 30.6 Å². The fraction of sp³-hybridized carbons (Fsp3) is 0.478. The minimum Gasteiger partial charge on any atom is -0.368 e. The number of benzene rings is 1. The van der Waals surface area contributed by atoms with E-state index in [1.807, 2.05) is 12.4 Å². The molecule has 0 spiro atoms. The van der Waals surface area contributed by atoms with Crippen molar-refractivity contribution in [2.45, 2.75) is 65.0 Å². The van der Waals surface area contributed by atoms with Crippen LogP contribution in [0.3, 0.4) is 0 Å². The second-order valence-corrected chi connectivity index (χ2v) is 7.83. The van der Waals surface area contributed by atoms with Gasteiger partial charge in [-0.2, -0.15) is 0 Å². The molecule has 1 aliphatic rings. The smallest absolute Gasteiger partial charge is 0.219 e. The predicted molar refractivity (Wildman–Crippen MR) is 116 cm³/mol. The van der Waals surface area contributed by atoms with Gasteiger partial charge in [0.15, 0.2) is 0 Å². The van der Waals surface area contributed by atoms with Gasteiger partial charge in [-0.05, 0) is 29.7 Å². The van der Waals surface area contributed by atoms with Crippen LogP contribution in [0.4, 0.5) is 5.95 Å². The topological polar surface area (TPSA) is 68.8 Å². The highest BCUT2D eigenvalue weighted by Crippen LogP contribution is 2.32. The minimum absolute atomic E-state index is 0.316. The number of hydrogen-bond donors (Lipinski definition) is 2. The Kier molecular flexibility index (Phi) is 5.91. The molecule has 3 N–H and O–H groups in total. The van der Waals surface area contributed by atoms with Crippen molar-refractivity contribution < 1.29 is 0 Å². The number of nitrogens with one attached hydrogen (secondary N) is 1. The molecule has 148 valence electrons.